The van der Waals surface area contributed by atoms with Crippen molar-refractivity contribution in [1.29, 1.82) is 0 Å². The van der Waals surface area contributed by atoms with Crippen LogP contribution in [0, 0.1) is 0 Å². The van der Waals surface area contributed by atoms with Gasteiger partial charge in [0.05, 0.1) is 5.69 Å². The van der Waals surface area contributed by atoms with Crippen molar-refractivity contribution in [3.63, 3.8) is 0 Å². The maximum absolute atomic E-state index is 12.1. The number of halogens is 6. The van der Waals surface area contributed by atoms with Crippen LogP contribution in [0.25, 0.3) is 0 Å². The van der Waals surface area contributed by atoms with E-state index in [0.29, 0.717) is 15.7 Å². The third-order valence-electron chi connectivity index (χ3n) is 2.26. The van der Waals surface area contributed by atoms with Gasteiger partial charge in [-0.25, -0.2) is 0 Å². The molecule has 2 nitrogen and oxygen atoms in total. The molecule has 0 amide bonds. The molecule has 4 N–H and O–H groups in total. The van der Waals surface area contributed by atoms with E-state index >= 15 is 0 Å². The molecule has 0 aliphatic carbocycles. The number of anilines is 1. The minimum atomic E-state index is -4.20. The van der Waals surface area contributed by atoms with Gasteiger partial charge >= 0.3 is 6.18 Å². The number of nitrogens with two attached hydrogens (primary N) is 2. The molecule has 8 heteroatoms. The van der Waals surface area contributed by atoms with E-state index < -0.39 is 18.6 Å². The first-order valence-corrected chi connectivity index (χ1v) is 6.36. The summed E-state index contributed by atoms with van der Waals surface area (Å²) in [5, 5.41) is 0. The lowest BCUT2D eigenvalue weighted by molar-refractivity contribution is -0.136. The second-order valence-electron chi connectivity index (χ2n) is 3.65. The molecule has 0 fully saturated rings. The van der Waals surface area contributed by atoms with E-state index in [-0.39, 0.29) is 18.8 Å². The van der Waals surface area contributed by atoms with Gasteiger partial charge < -0.3 is 11.5 Å². The van der Waals surface area contributed by atoms with Crippen molar-refractivity contribution in [2.75, 3.05) is 5.73 Å². The number of benzene rings is 1. The lowest BCUT2D eigenvalue weighted by Gasteiger charge is -2.17. The monoisotopic (exact) mass is 410 g/mol. The van der Waals surface area contributed by atoms with Crippen molar-refractivity contribution in [2.24, 2.45) is 5.73 Å². The average Bonchev–Trinajstić information content (AvgIpc) is 2.19. The molecule has 0 aliphatic rings. The highest BCUT2D eigenvalue weighted by atomic mass is 79.9. The highest BCUT2D eigenvalue weighted by Crippen LogP contribution is 2.34. The lowest BCUT2D eigenvalue weighted by atomic mass is 10.0. The van der Waals surface area contributed by atoms with E-state index in [0.717, 1.165) is 4.47 Å². The molecule has 0 radical (unpaired) electrons. The Hall–Kier alpha value is 0.0200. The van der Waals surface area contributed by atoms with Crippen molar-refractivity contribution in [1.82, 2.24) is 0 Å². The van der Waals surface area contributed by atoms with Gasteiger partial charge in [0.2, 0.25) is 0 Å². The van der Waals surface area contributed by atoms with Crippen LogP contribution in [0.2, 0.25) is 0 Å². The van der Waals surface area contributed by atoms with Gasteiger partial charge in [-0.2, -0.15) is 13.2 Å². The first kappa shape index (κ1) is 18.0. The summed E-state index contributed by atoms with van der Waals surface area (Å²) in [7, 11) is 0. The van der Waals surface area contributed by atoms with Crippen molar-refractivity contribution in [2.45, 2.75) is 25.1 Å². The Morgan fingerprint density at radius 1 is 1.22 bits per heavy atom. The van der Waals surface area contributed by atoms with Crippen LogP contribution in [0.4, 0.5) is 18.9 Å². The van der Waals surface area contributed by atoms with Gasteiger partial charge in [-0.3, -0.25) is 0 Å². The summed E-state index contributed by atoms with van der Waals surface area (Å²) >= 11 is 6.47. The fourth-order valence-electron chi connectivity index (χ4n) is 1.39. The molecule has 18 heavy (non-hydrogen) atoms. The number of alkyl halides is 3. The third kappa shape index (κ3) is 5.34. The largest absolute Gasteiger partial charge is 0.398 e. The Morgan fingerprint density at radius 2 is 1.78 bits per heavy atom. The zero-order chi connectivity index (χ0) is 13.2. The fourth-order valence-corrected chi connectivity index (χ4v) is 2.64. The van der Waals surface area contributed by atoms with E-state index in [1.807, 2.05) is 0 Å². The Bertz CT molecular complexity index is 413. The van der Waals surface area contributed by atoms with Crippen LogP contribution >= 0.6 is 44.3 Å². The van der Waals surface area contributed by atoms with E-state index in [1.54, 1.807) is 12.1 Å². The smallest absolute Gasteiger partial charge is 0.389 e. The molecule has 104 valence electrons. The number of rotatable bonds is 3. The summed E-state index contributed by atoms with van der Waals surface area (Å²) in [5.74, 6) is 0. The van der Waals surface area contributed by atoms with Crippen molar-refractivity contribution < 1.29 is 13.2 Å². The number of hydrogen-bond acceptors (Lipinski definition) is 2. The topological polar surface area (TPSA) is 52.0 Å². The van der Waals surface area contributed by atoms with Gasteiger partial charge in [0.25, 0.3) is 0 Å². The van der Waals surface area contributed by atoms with Gasteiger partial charge in [-0.1, -0.05) is 15.9 Å². The predicted octanol–water partition coefficient (Wildman–Crippen LogP) is 4.56. The van der Waals surface area contributed by atoms with Gasteiger partial charge in [0.15, 0.2) is 0 Å². The summed E-state index contributed by atoms with van der Waals surface area (Å²) in [5.41, 5.74) is 12.4. The Morgan fingerprint density at radius 3 is 2.28 bits per heavy atom. The van der Waals surface area contributed by atoms with Crippen LogP contribution in [0.15, 0.2) is 21.1 Å². The first-order valence-electron chi connectivity index (χ1n) is 4.77. The minimum absolute atomic E-state index is 0. The van der Waals surface area contributed by atoms with Gasteiger partial charge in [0, 0.05) is 21.4 Å². The van der Waals surface area contributed by atoms with Gasteiger partial charge in [-0.15, -0.1) is 12.4 Å². The van der Waals surface area contributed by atoms with Gasteiger partial charge in [-0.05, 0) is 40.0 Å². The number of nitrogen functional groups attached to an aromatic ring is 1. The Balaban J connectivity index is 0.00000289. The Kier molecular flexibility index (Phi) is 6.99. The molecule has 0 bridgehead atoms. The van der Waals surface area contributed by atoms with Crippen LogP contribution in [-0.2, 0) is 0 Å². The molecule has 0 heterocycles. The minimum Gasteiger partial charge on any atom is -0.398 e. The second-order valence-corrected chi connectivity index (χ2v) is 5.42. The van der Waals surface area contributed by atoms with Crippen LogP contribution in [0.1, 0.15) is 24.4 Å². The SMILES string of the molecule is Cl.Nc1c(Br)cc(Br)cc1[C@H](N)CCC(F)(F)F. The molecule has 0 saturated heterocycles. The normalized spacial score (nSPS) is 13.0. The molecular weight excluding hydrogens is 400 g/mol. The van der Waals surface area contributed by atoms with E-state index in [4.69, 9.17) is 11.5 Å². The van der Waals surface area contributed by atoms with E-state index in [9.17, 15) is 13.2 Å². The molecule has 1 aromatic carbocycles. The quantitative estimate of drug-likeness (QED) is 0.716. The maximum Gasteiger partial charge on any atom is 0.389 e. The molecule has 0 unspecified atom stereocenters. The standard InChI is InChI=1S/C10H11Br2F3N2.ClH/c11-5-3-6(9(17)7(12)4-5)8(16)1-2-10(13,14)15;/h3-4,8H,1-2,16-17H2;1H/t8-;/m1./s1. The van der Waals surface area contributed by atoms with Crippen LogP contribution < -0.4 is 11.5 Å². The van der Waals surface area contributed by atoms with Crippen molar-refractivity contribution in [3.05, 3.63) is 26.6 Å². The summed E-state index contributed by atoms with van der Waals surface area (Å²) < 4.78 is 37.6. The van der Waals surface area contributed by atoms with E-state index in [2.05, 4.69) is 31.9 Å². The molecule has 1 atom stereocenters. The zero-order valence-corrected chi connectivity index (χ0v) is 13.1. The molecule has 0 spiro atoms. The fraction of sp³-hybridized carbons (Fsp3) is 0.400. The Labute approximate surface area is 126 Å². The maximum atomic E-state index is 12.1. The second kappa shape index (κ2) is 6.98. The van der Waals surface area contributed by atoms with Crippen molar-refractivity contribution in [3.8, 4) is 0 Å². The molecule has 1 aromatic rings. The summed E-state index contributed by atoms with van der Waals surface area (Å²) in [6.45, 7) is 0. The van der Waals surface area contributed by atoms with Crippen LogP contribution in [0.3, 0.4) is 0 Å². The molecule has 0 aliphatic heterocycles. The van der Waals surface area contributed by atoms with E-state index in [1.165, 1.54) is 0 Å². The predicted molar refractivity (Wildman–Crippen MR) is 75.7 cm³/mol. The zero-order valence-electron chi connectivity index (χ0n) is 9.10. The van der Waals surface area contributed by atoms with Crippen LogP contribution in [0.5, 0.6) is 0 Å². The molecular formula is C10H12Br2ClF3N2. The highest BCUT2D eigenvalue weighted by molar-refractivity contribution is 9.11. The molecule has 1 rings (SSSR count). The summed E-state index contributed by atoms with van der Waals surface area (Å²) in [4.78, 5) is 0. The third-order valence-corrected chi connectivity index (χ3v) is 3.38. The lowest BCUT2D eigenvalue weighted by Crippen LogP contribution is -2.17. The summed E-state index contributed by atoms with van der Waals surface area (Å²) in [6.07, 6.45) is -5.30. The van der Waals surface area contributed by atoms with Crippen LogP contribution in [-0.4, -0.2) is 6.18 Å². The van der Waals surface area contributed by atoms with Crippen molar-refractivity contribution >= 4 is 50.0 Å². The average molecular weight is 412 g/mol. The molecule has 0 aromatic heterocycles. The molecule has 0 saturated carbocycles. The van der Waals surface area contributed by atoms with Gasteiger partial charge in [0.1, 0.15) is 0 Å². The first-order chi connectivity index (χ1) is 7.70. The summed E-state index contributed by atoms with van der Waals surface area (Å²) in [6, 6.07) is 2.63. The highest BCUT2D eigenvalue weighted by Gasteiger charge is 2.28. The number of hydrogen-bond donors (Lipinski definition) is 2.